The van der Waals surface area contributed by atoms with Crippen molar-refractivity contribution in [3.63, 3.8) is 0 Å². The Hall–Kier alpha value is -2.26. The van der Waals surface area contributed by atoms with Gasteiger partial charge in [-0.05, 0) is 6.92 Å². The van der Waals surface area contributed by atoms with E-state index in [1.807, 2.05) is 0 Å². The lowest BCUT2D eigenvalue weighted by Gasteiger charge is -2.13. The van der Waals surface area contributed by atoms with Gasteiger partial charge in [-0.25, -0.2) is 0 Å². The second kappa shape index (κ2) is 7.05. The summed E-state index contributed by atoms with van der Waals surface area (Å²) in [7, 11) is 0. The van der Waals surface area contributed by atoms with Crippen molar-refractivity contribution in [3.8, 4) is 11.5 Å². The highest BCUT2D eigenvalue weighted by Gasteiger charge is 2.69. The van der Waals surface area contributed by atoms with Gasteiger partial charge in [0.2, 0.25) is 0 Å². The Morgan fingerprint density at radius 2 is 1.89 bits per heavy atom. The highest BCUT2D eigenvalue weighted by atomic mass is 35.5. The average molecular weight is 419 g/mol. The molecule has 1 saturated carbocycles. The minimum atomic E-state index is -1.21. The number of nitrogens with zero attached hydrogens (tertiary/aromatic N) is 1. The van der Waals surface area contributed by atoms with Crippen molar-refractivity contribution in [3.05, 3.63) is 22.2 Å². The number of fused-ring (bicyclic) bond motifs is 1. The van der Waals surface area contributed by atoms with E-state index in [9.17, 15) is 19.7 Å². The number of amides is 1. The van der Waals surface area contributed by atoms with Gasteiger partial charge < -0.3 is 19.5 Å². The number of hydrogen-bond acceptors (Lipinski definition) is 7. The molecule has 0 saturated heterocycles. The summed E-state index contributed by atoms with van der Waals surface area (Å²) in [5, 5.41) is 13.6. The van der Waals surface area contributed by atoms with Crippen LogP contribution in [0.2, 0.25) is 0 Å². The molecule has 27 heavy (non-hydrogen) atoms. The molecule has 1 aromatic carbocycles. The van der Waals surface area contributed by atoms with E-state index in [0.717, 1.165) is 0 Å². The van der Waals surface area contributed by atoms with Gasteiger partial charge in [0.1, 0.15) is 15.4 Å². The fourth-order valence-corrected chi connectivity index (χ4v) is 3.24. The molecule has 0 radical (unpaired) electrons. The van der Waals surface area contributed by atoms with Gasteiger partial charge in [0.15, 0.2) is 18.1 Å². The molecule has 1 fully saturated rings. The largest absolute Gasteiger partial charge is 0.489 e. The predicted molar refractivity (Wildman–Crippen MR) is 95.5 cm³/mol. The fraction of sp³-hybridized carbons (Fsp3) is 0.500. The summed E-state index contributed by atoms with van der Waals surface area (Å²) in [6.45, 7) is 1.64. The van der Waals surface area contributed by atoms with E-state index in [1.165, 1.54) is 19.1 Å². The molecule has 3 rings (SSSR count). The third-order valence-electron chi connectivity index (χ3n) is 4.38. The Labute approximate surface area is 164 Å². The minimum absolute atomic E-state index is 0.0908. The van der Waals surface area contributed by atoms with Crippen LogP contribution in [0.4, 0.5) is 11.4 Å². The van der Waals surface area contributed by atoms with Gasteiger partial charge in [0.05, 0.1) is 24.2 Å². The van der Waals surface area contributed by atoms with Gasteiger partial charge >= 0.3 is 5.97 Å². The van der Waals surface area contributed by atoms with Gasteiger partial charge in [-0.15, -0.1) is 23.2 Å². The van der Waals surface area contributed by atoms with Gasteiger partial charge in [-0.2, -0.15) is 0 Å². The molecular formula is C16H16Cl2N2O7. The number of nitro groups is 1. The van der Waals surface area contributed by atoms with Crippen LogP contribution in [-0.4, -0.2) is 41.0 Å². The number of hydrogen-bond donors (Lipinski definition) is 1. The highest BCUT2D eigenvalue weighted by Crippen LogP contribution is 2.64. The molecule has 1 aliphatic heterocycles. The zero-order chi connectivity index (χ0) is 19.8. The van der Waals surface area contributed by atoms with E-state index >= 15 is 0 Å². The predicted octanol–water partition coefficient (Wildman–Crippen LogP) is 2.82. The summed E-state index contributed by atoms with van der Waals surface area (Å²) in [6, 6.07) is 2.49. The number of nitrogens with one attached hydrogen (secondary N) is 1. The Balaban J connectivity index is 1.69. The number of benzene rings is 1. The van der Waals surface area contributed by atoms with Crippen molar-refractivity contribution in [1.82, 2.24) is 0 Å². The van der Waals surface area contributed by atoms with Crippen LogP contribution in [0, 0.1) is 15.5 Å². The smallest absolute Gasteiger partial charge is 0.315 e. The van der Waals surface area contributed by atoms with Crippen LogP contribution in [0.3, 0.4) is 0 Å². The number of alkyl halides is 2. The number of anilines is 1. The quantitative estimate of drug-likeness (QED) is 0.338. The second-order valence-corrected chi connectivity index (χ2v) is 7.95. The van der Waals surface area contributed by atoms with Crippen LogP contribution >= 0.6 is 23.2 Å². The molecule has 146 valence electrons. The fourth-order valence-electron chi connectivity index (χ4n) is 2.55. The summed E-state index contributed by atoms with van der Waals surface area (Å²) in [4.78, 5) is 34.7. The molecule has 9 nitrogen and oxygen atoms in total. The first-order valence-corrected chi connectivity index (χ1v) is 8.82. The number of esters is 1. The molecule has 1 amide bonds. The van der Waals surface area contributed by atoms with Crippen molar-refractivity contribution < 1.29 is 28.7 Å². The van der Waals surface area contributed by atoms with Gasteiger partial charge in [0, 0.05) is 18.9 Å². The van der Waals surface area contributed by atoms with Crippen molar-refractivity contribution in [2.75, 3.05) is 25.1 Å². The van der Waals surface area contributed by atoms with E-state index < -0.39 is 33.2 Å². The van der Waals surface area contributed by atoms with Crippen LogP contribution in [0.1, 0.15) is 19.8 Å². The number of carbonyl (C=O) groups excluding carboxylic acids is 2. The van der Waals surface area contributed by atoms with E-state index in [1.54, 1.807) is 0 Å². The Morgan fingerprint density at radius 3 is 2.44 bits per heavy atom. The van der Waals surface area contributed by atoms with Crippen LogP contribution in [0.5, 0.6) is 11.5 Å². The van der Waals surface area contributed by atoms with Crippen LogP contribution in [0.25, 0.3) is 0 Å². The highest BCUT2D eigenvalue weighted by molar-refractivity contribution is 6.53. The van der Waals surface area contributed by atoms with Gasteiger partial charge in [-0.3, -0.25) is 19.7 Å². The lowest BCUT2D eigenvalue weighted by Crippen LogP contribution is -2.27. The van der Waals surface area contributed by atoms with Crippen molar-refractivity contribution in [1.29, 1.82) is 0 Å². The Bertz CT molecular complexity index is 814. The van der Waals surface area contributed by atoms with Gasteiger partial charge in [0.25, 0.3) is 11.6 Å². The van der Waals surface area contributed by atoms with E-state index in [4.69, 9.17) is 37.4 Å². The maximum Gasteiger partial charge on any atom is 0.315 e. The first kappa shape index (κ1) is 19.5. The maximum absolute atomic E-state index is 12.1. The summed E-state index contributed by atoms with van der Waals surface area (Å²) in [6.07, 6.45) is 0.846. The summed E-state index contributed by atoms with van der Waals surface area (Å²) in [5.41, 5.74) is -1.53. The normalized spacial score (nSPS) is 22.3. The van der Waals surface area contributed by atoms with Gasteiger partial charge in [-0.1, -0.05) is 0 Å². The molecule has 1 aromatic rings. The minimum Gasteiger partial charge on any atom is -0.489 e. The van der Waals surface area contributed by atoms with Crippen molar-refractivity contribution in [2.24, 2.45) is 5.41 Å². The lowest BCUT2D eigenvalue weighted by molar-refractivity contribution is -0.384. The first-order chi connectivity index (χ1) is 12.6. The summed E-state index contributed by atoms with van der Waals surface area (Å²) < 4.78 is 14.6. The molecule has 1 aliphatic carbocycles. The SMILES string of the molecule is CC1(C(=O)OCC(=O)Nc2cc3c(cc2[N+](=O)[O-])OCCCO3)CC1(Cl)Cl. The molecule has 0 aromatic heterocycles. The third kappa shape index (κ3) is 3.89. The molecular weight excluding hydrogens is 403 g/mol. The number of carbonyl (C=O) groups is 2. The second-order valence-electron chi connectivity index (χ2n) is 6.46. The monoisotopic (exact) mass is 418 g/mol. The zero-order valence-corrected chi connectivity index (χ0v) is 15.8. The maximum atomic E-state index is 12.1. The number of halogens is 2. The lowest BCUT2D eigenvalue weighted by atomic mass is 10.1. The number of nitro benzene ring substituents is 1. The van der Waals surface area contributed by atoms with Crippen LogP contribution in [-0.2, 0) is 14.3 Å². The molecule has 1 atom stereocenters. The molecule has 2 aliphatic rings. The first-order valence-electron chi connectivity index (χ1n) is 8.07. The molecule has 1 unspecified atom stereocenters. The molecule has 1 heterocycles. The standard InChI is InChI=1S/C16H16Cl2N2O7/c1-15(8-16(15,17)18)14(22)27-7-13(21)19-9-5-11-12(6-10(9)20(23)24)26-4-2-3-25-11/h5-6H,2-4,7-8H2,1H3,(H,19,21). The molecule has 1 N–H and O–H groups in total. The zero-order valence-electron chi connectivity index (χ0n) is 14.3. The molecule has 0 bridgehead atoms. The van der Waals surface area contributed by atoms with Crippen molar-refractivity contribution in [2.45, 2.75) is 24.1 Å². The Kier molecular flexibility index (Phi) is 5.09. The summed E-state index contributed by atoms with van der Waals surface area (Å²) in [5.74, 6) is -0.952. The average Bonchev–Trinajstić information content (AvgIpc) is 3.21. The van der Waals surface area contributed by atoms with E-state index in [2.05, 4.69) is 5.32 Å². The van der Waals surface area contributed by atoms with E-state index in [-0.39, 0.29) is 29.3 Å². The van der Waals surface area contributed by atoms with Crippen molar-refractivity contribution >= 4 is 46.5 Å². The Morgan fingerprint density at radius 1 is 1.30 bits per heavy atom. The van der Waals surface area contributed by atoms with Crippen LogP contribution in [0.15, 0.2) is 12.1 Å². The third-order valence-corrected chi connectivity index (χ3v) is 5.48. The molecule has 11 heteroatoms. The topological polar surface area (TPSA) is 117 Å². The van der Waals surface area contributed by atoms with Crippen LogP contribution < -0.4 is 14.8 Å². The van der Waals surface area contributed by atoms with E-state index in [0.29, 0.717) is 19.6 Å². The molecule has 0 spiro atoms. The number of rotatable bonds is 5. The number of ether oxygens (including phenoxy) is 3. The summed E-state index contributed by atoms with van der Waals surface area (Å²) >= 11 is 11.8.